The second-order valence-electron chi connectivity index (χ2n) is 6.21. The Morgan fingerprint density at radius 3 is 2.71 bits per heavy atom. The van der Waals surface area contributed by atoms with Crippen molar-refractivity contribution in [2.75, 3.05) is 0 Å². The second-order valence-corrected chi connectivity index (χ2v) is 6.21. The SMILES string of the molecule is NC(=O)C1CC2(C[CH]CCC2)C(=O)N1Cc1ccccc1. The highest BCUT2D eigenvalue weighted by atomic mass is 16.2. The topological polar surface area (TPSA) is 63.4 Å². The molecule has 1 heterocycles. The number of amides is 2. The van der Waals surface area contributed by atoms with Crippen LogP contribution < -0.4 is 5.73 Å². The van der Waals surface area contributed by atoms with Gasteiger partial charge in [-0.2, -0.15) is 0 Å². The molecule has 2 fully saturated rings. The van der Waals surface area contributed by atoms with Gasteiger partial charge in [0, 0.05) is 6.54 Å². The third-order valence-corrected chi connectivity index (χ3v) is 4.80. The number of primary amides is 1. The van der Waals surface area contributed by atoms with Gasteiger partial charge in [0.15, 0.2) is 0 Å². The molecule has 1 aliphatic carbocycles. The maximum Gasteiger partial charge on any atom is 0.240 e. The molecule has 111 valence electrons. The summed E-state index contributed by atoms with van der Waals surface area (Å²) in [4.78, 5) is 26.4. The van der Waals surface area contributed by atoms with E-state index in [1.165, 1.54) is 0 Å². The summed E-state index contributed by atoms with van der Waals surface area (Å²) in [7, 11) is 0. The highest BCUT2D eigenvalue weighted by Crippen LogP contribution is 2.47. The van der Waals surface area contributed by atoms with Gasteiger partial charge in [-0.25, -0.2) is 0 Å². The van der Waals surface area contributed by atoms with Crippen LogP contribution in [0.2, 0.25) is 0 Å². The van der Waals surface area contributed by atoms with Crippen molar-refractivity contribution in [3.63, 3.8) is 0 Å². The predicted molar refractivity (Wildman–Crippen MR) is 79.8 cm³/mol. The van der Waals surface area contributed by atoms with Gasteiger partial charge in [-0.1, -0.05) is 43.2 Å². The summed E-state index contributed by atoms with van der Waals surface area (Å²) in [6.07, 6.45) is 6.50. The number of nitrogens with zero attached hydrogens (tertiary/aromatic N) is 1. The molecular weight excluding hydrogens is 264 g/mol. The highest BCUT2D eigenvalue weighted by Gasteiger charge is 2.53. The number of carbonyl (C=O) groups is 2. The largest absolute Gasteiger partial charge is 0.368 e. The van der Waals surface area contributed by atoms with Gasteiger partial charge in [0.1, 0.15) is 6.04 Å². The van der Waals surface area contributed by atoms with E-state index >= 15 is 0 Å². The molecular formula is C17H21N2O2. The monoisotopic (exact) mass is 285 g/mol. The highest BCUT2D eigenvalue weighted by molar-refractivity contribution is 5.93. The molecule has 2 N–H and O–H groups in total. The Kier molecular flexibility index (Phi) is 3.70. The van der Waals surface area contributed by atoms with E-state index in [-0.39, 0.29) is 17.2 Å². The van der Waals surface area contributed by atoms with Crippen molar-refractivity contribution >= 4 is 11.8 Å². The fourth-order valence-corrected chi connectivity index (χ4v) is 3.67. The molecule has 4 heteroatoms. The average Bonchev–Trinajstić information content (AvgIpc) is 2.75. The lowest BCUT2D eigenvalue weighted by Crippen LogP contribution is -2.42. The summed E-state index contributed by atoms with van der Waals surface area (Å²) in [5, 5.41) is 0. The van der Waals surface area contributed by atoms with E-state index in [2.05, 4.69) is 6.42 Å². The lowest BCUT2D eigenvalue weighted by Gasteiger charge is -2.31. The average molecular weight is 285 g/mol. The maximum atomic E-state index is 12.9. The van der Waals surface area contributed by atoms with Gasteiger partial charge in [-0.05, 0) is 31.2 Å². The number of hydrogen-bond acceptors (Lipinski definition) is 2. The van der Waals surface area contributed by atoms with Crippen molar-refractivity contribution in [2.45, 2.75) is 44.7 Å². The second kappa shape index (κ2) is 5.51. The smallest absolute Gasteiger partial charge is 0.240 e. The number of rotatable bonds is 3. The van der Waals surface area contributed by atoms with E-state index in [4.69, 9.17) is 5.73 Å². The van der Waals surface area contributed by atoms with Crippen LogP contribution in [0.25, 0.3) is 0 Å². The number of benzene rings is 1. The minimum atomic E-state index is -0.468. The number of likely N-dealkylation sites (tertiary alicyclic amines) is 1. The molecule has 1 aromatic carbocycles. The molecule has 0 bridgehead atoms. The Morgan fingerprint density at radius 2 is 2.10 bits per heavy atom. The Bertz CT molecular complexity index is 535. The van der Waals surface area contributed by atoms with Crippen molar-refractivity contribution < 1.29 is 9.59 Å². The summed E-state index contributed by atoms with van der Waals surface area (Å²) in [6.45, 7) is 0.467. The Labute approximate surface area is 125 Å². The van der Waals surface area contributed by atoms with Gasteiger partial charge in [-0.3, -0.25) is 9.59 Å². The molecule has 2 amide bonds. The molecule has 1 aliphatic heterocycles. The van der Waals surface area contributed by atoms with Crippen molar-refractivity contribution in [1.82, 2.24) is 4.90 Å². The lowest BCUT2D eigenvalue weighted by molar-refractivity contribution is -0.140. The fourth-order valence-electron chi connectivity index (χ4n) is 3.67. The third kappa shape index (κ3) is 2.55. The first-order chi connectivity index (χ1) is 10.1. The van der Waals surface area contributed by atoms with Crippen LogP contribution in [0.1, 0.15) is 37.7 Å². The first-order valence-electron chi connectivity index (χ1n) is 7.58. The predicted octanol–water partition coefficient (Wildman–Crippen LogP) is 2.04. The van der Waals surface area contributed by atoms with E-state index in [1.807, 2.05) is 30.3 Å². The van der Waals surface area contributed by atoms with Crippen LogP contribution in [0, 0.1) is 11.8 Å². The molecule has 3 rings (SSSR count). The minimum absolute atomic E-state index is 0.103. The van der Waals surface area contributed by atoms with E-state index < -0.39 is 6.04 Å². The van der Waals surface area contributed by atoms with Crippen molar-refractivity contribution in [1.29, 1.82) is 0 Å². The molecule has 0 aromatic heterocycles. The van der Waals surface area contributed by atoms with E-state index in [9.17, 15) is 9.59 Å². The van der Waals surface area contributed by atoms with Crippen LogP contribution in [0.4, 0.5) is 0 Å². The summed E-state index contributed by atoms with van der Waals surface area (Å²) in [5.74, 6) is -0.284. The van der Waals surface area contributed by atoms with Crippen LogP contribution in [0.15, 0.2) is 30.3 Å². The van der Waals surface area contributed by atoms with E-state index in [0.29, 0.717) is 13.0 Å². The summed E-state index contributed by atoms with van der Waals surface area (Å²) < 4.78 is 0. The molecule has 1 radical (unpaired) electrons. The Hall–Kier alpha value is -1.84. The number of nitrogens with two attached hydrogens (primary N) is 1. The Morgan fingerprint density at radius 1 is 1.33 bits per heavy atom. The number of hydrogen-bond donors (Lipinski definition) is 1. The fraction of sp³-hybridized carbons (Fsp3) is 0.471. The van der Waals surface area contributed by atoms with Crippen LogP contribution in [0.5, 0.6) is 0 Å². The van der Waals surface area contributed by atoms with Crippen molar-refractivity contribution in [3.05, 3.63) is 42.3 Å². The summed E-state index contributed by atoms with van der Waals surface area (Å²) in [6, 6.07) is 9.31. The van der Waals surface area contributed by atoms with Crippen LogP contribution >= 0.6 is 0 Å². The van der Waals surface area contributed by atoms with Gasteiger partial charge < -0.3 is 10.6 Å². The van der Waals surface area contributed by atoms with Gasteiger partial charge in [0.05, 0.1) is 5.41 Å². The maximum absolute atomic E-state index is 12.9. The molecule has 2 unspecified atom stereocenters. The first kappa shape index (κ1) is 14.1. The van der Waals surface area contributed by atoms with Crippen molar-refractivity contribution in [2.24, 2.45) is 11.1 Å². The normalized spacial score (nSPS) is 24.5. The molecule has 1 saturated heterocycles. The Balaban J connectivity index is 1.86. The van der Waals surface area contributed by atoms with Crippen molar-refractivity contribution in [3.8, 4) is 0 Å². The summed E-state index contributed by atoms with van der Waals surface area (Å²) in [5.41, 5.74) is 6.20. The molecule has 4 nitrogen and oxygen atoms in total. The molecule has 2 atom stereocenters. The zero-order valence-electron chi connectivity index (χ0n) is 12.1. The number of carbonyl (C=O) groups excluding carboxylic acids is 2. The lowest BCUT2D eigenvalue weighted by atomic mass is 9.72. The quantitative estimate of drug-likeness (QED) is 0.923. The molecule has 21 heavy (non-hydrogen) atoms. The standard InChI is InChI=1S/C17H21N2O2/c18-15(20)14-11-17(9-5-2-6-10-17)16(21)19(14)12-13-7-3-1-4-8-13/h1,3-5,7-8,14H,2,6,9-12H2,(H2,18,20). The van der Waals surface area contributed by atoms with Gasteiger partial charge in [0.2, 0.25) is 11.8 Å². The zero-order chi connectivity index (χ0) is 14.9. The third-order valence-electron chi connectivity index (χ3n) is 4.80. The van der Waals surface area contributed by atoms with Gasteiger partial charge in [-0.15, -0.1) is 0 Å². The van der Waals surface area contributed by atoms with Crippen LogP contribution in [-0.4, -0.2) is 22.8 Å². The molecule has 1 saturated carbocycles. The molecule has 2 aliphatic rings. The molecule has 1 spiro atoms. The first-order valence-corrected chi connectivity index (χ1v) is 7.58. The van der Waals surface area contributed by atoms with Gasteiger partial charge in [0.25, 0.3) is 0 Å². The van der Waals surface area contributed by atoms with Crippen LogP contribution in [0.3, 0.4) is 0 Å². The van der Waals surface area contributed by atoms with Crippen LogP contribution in [-0.2, 0) is 16.1 Å². The minimum Gasteiger partial charge on any atom is -0.368 e. The summed E-state index contributed by atoms with van der Waals surface area (Å²) >= 11 is 0. The van der Waals surface area contributed by atoms with Gasteiger partial charge >= 0.3 is 0 Å². The molecule has 1 aromatic rings. The van der Waals surface area contributed by atoms with E-state index in [0.717, 1.165) is 31.2 Å². The van der Waals surface area contributed by atoms with E-state index in [1.54, 1.807) is 4.90 Å². The zero-order valence-corrected chi connectivity index (χ0v) is 12.1.